The summed E-state index contributed by atoms with van der Waals surface area (Å²) in [7, 11) is 0. The number of nitrogens with one attached hydrogen (secondary N) is 1. The molecule has 0 aromatic carbocycles. The van der Waals surface area contributed by atoms with E-state index in [1.165, 1.54) is 0 Å². The maximum atomic E-state index is 3.57. The summed E-state index contributed by atoms with van der Waals surface area (Å²) in [4.78, 5) is 0. The zero-order valence-electron chi connectivity index (χ0n) is 3.34. The van der Waals surface area contributed by atoms with Crippen LogP contribution in [0.2, 0.25) is 0 Å². The number of rotatable bonds is 0. The first-order valence-electron chi connectivity index (χ1n) is 1.59. The smallest absolute Gasteiger partial charge is 0.171 e. The lowest BCUT2D eigenvalue weighted by atomic mass is 10.8. The summed E-state index contributed by atoms with van der Waals surface area (Å²) < 4.78 is 0. The molecule has 0 aliphatic rings. The van der Waals surface area contributed by atoms with Gasteiger partial charge < -0.3 is 0 Å². The highest BCUT2D eigenvalue weighted by molar-refractivity contribution is 4.63. The summed E-state index contributed by atoms with van der Waals surface area (Å²) in [5, 5.41) is 12.7. The Morgan fingerprint density at radius 1 is 1.57 bits per heavy atom. The SMILES string of the molecule is C.Cc1nn[nH]n1. The monoisotopic (exact) mass is 100 g/mol. The van der Waals surface area contributed by atoms with Crippen molar-refractivity contribution in [1.82, 2.24) is 20.6 Å². The summed E-state index contributed by atoms with van der Waals surface area (Å²) >= 11 is 0. The molecule has 0 fully saturated rings. The van der Waals surface area contributed by atoms with Crippen molar-refractivity contribution >= 4 is 0 Å². The van der Waals surface area contributed by atoms with Crippen molar-refractivity contribution in [2.75, 3.05) is 0 Å². The highest BCUT2D eigenvalue weighted by atomic mass is 15.5. The lowest BCUT2D eigenvalue weighted by Gasteiger charge is -1.59. The summed E-state index contributed by atoms with van der Waals surface area (Å²) in [5.74, 6) is 0.676. The van der Waals surface area contributed by atoms with Gasteiger partial charge in [-0.15, -0.1) is 10.2 Å². The number of nitrogens with zero attached hydrogens (tertiary/aromatic N) is 3. The number of hydrogen-bond acceptors (Lipinski definition) is 3. The molecule has 1 heterocycles. The van der Waals surface area contributed by atoms with Crippen LogP contribution in [0.5, 0.6) is 0 Å². The molecule has 0 atom stereocenters. The summed E-state index contributed by atoms with van der Waals surface area (Å²) in [5.41, 5.74) is 0. The van der Waals surface area contributed by atoms with Crippen molar-refractivity contribution in [3.8, 4) is 0 Å². The minimum absolute atomic E-state index is 0. The number of hydrogen-bond donors (Lipinski definition) is 1. The van der Waals surface area contributed by atoms with Gasteiger partial charge in [0.2, 0.25) is 0 Å². The molecule has 4 heteroatoms. The Morgan fingerprint density at radius 3 is 2.43 bits per heavy atom. The Balaban J connectivity index is 0.000000360. The van der Waals surface area contributed by atoms with Crippen LogP contribution in [0, 0.1) is 6.92 Å². The van der Waals surface area contributed by atoms with E-state index in [0.29, 0.717) is 5.82 Å². The number of tetrazole rings is 1. The molecule has 7 heavy (non-hydrogen) atoms. The lowest BCUT2D eigenvalue weighted by molar-refractivity contribution is 0.881. The van der Waals surface area contributed by atoms with Gasteiger partial charge in [-0.2, -0.15) is 5.21 Å². The molecular formula is C3H8N4. The van der Waals surface area contributed by atoms with Crippen LogP contribution in [0.4, 0.5) is 0 Å². The van der Waals surface area contributed by atoms with Crippen LogP contribution >= 0.6 is 0 Å². The number of aryl methyl sites for hydroxylation is 1. The minimum Gasteiger partial charge on any atom is -0.177 e. The van der Waals surface area contributed by atoms with Crippen molar-refractivity contribution in [3.63, 3.8) is 0 Å². The average molecular weight is 100 g/mol. The van der Waals surface area contributed by atoms with E-state index in [9.17, 15) is 0 Å². The van der Waals surface area contributed by atoms with Gasteiger partial charge in [0.25, 0.3) is 0 Å². The van der Waals surface area contributed by atoms with E-state index in [0.717, 1.165) is 0 Å². The van der Waals surface area contributed by atoms with Gasteiger partial charge in [0.1, 0.15) is 0 Å². The minimum atomic E-state index is 0. The fraction of sp³-hybridized carbons (Fsp3) is 0.667. The second kappa shape index (κ2) is 2.28. The molecule has 1 aromatic heterocycles. The fourth-order valence-corrected chi connectivity index (χ4v) is 0.212. The summed E-state index contributed by atoms with van der Waals surface area (Å²) in [6, 6.07) is 0. The van der Waals surface area contributed by atoms with E-state index in [-0.39, 0.29) is 7.43 Å². The molecule has 0 aliphatic carbocycles. The Labute approximate surface area is 41.9 Å². The van der Waals surface area contributed by atoms with E-state index >= 15 is 0 Å². The predicted octanol–water partition coefficient (Wildman–Crippen LogP) is 0.144. The normalized spacial score (nSPS) is 7.57. The van der Waals surface area contributed by atoms with E-state index in [1.54, 1.807) is 6.92 Å². The molecule has 0 bridgehead atoms. The van der Waals surface area contributed by atoms with Gasteiger partial charge in [0.05, 0.1) is 0 Å². The van der Waals surface area contributed by atoms with Crippen LogP contribution in [0.3, 0.4) is 0 Å². The van der Waals surface area contributed by atoms with Gasteiger partial charge in [-0.3, -0.25) is 0 Å². The zero-order valence-corrected chi connectivity index (χ0v) is 3.34. The second-order valence-corrected chi connectivity index (χ2v) is 0.959. The van der Waals surface area contributed by atoms with E-state index in [2.05, 4.69) is 20.6 Å². The number of H-pyrrole nitrogens is 1. The van der Waals surface area contributed by atoms with Crippen LogP contribution in [-0.4, -0.2) is 20.6 Å². The number of aromatic nitrogens is 4. The Kier molecular flexibility index (Phi) is 1.98. The number of aromatic amines is 1. The summed E-state index contributed by atoms with van der Waals surface area (Å²) in [6.07, 6.45) is 0. The van der Waals surface area contributed by atoms with Crippen LogP contribution in [0.25, 0.3) is 0 Å². The van der Waals surface area contributed by atoms with E-state index in [1.807, 2.05) is 0 Å². The highest BCUT2D eigenvalue weighted by Gasteiger charge is 1.78. The van der Waals surface area contributed by atoms with Crippen molar-refractivity contribution in [2.24, 2.45) is 0 Å². The summed E-state index contributed by atoms with van der Waals surface area (Å²) in [6.45, 7) is 1.77. The van der Waals surface area contributed by atoms with Gasteiger partial charge in [-0.05, 0) is 6.92 Å². The maximum absolute atomic E-state index is 3.57. The molecule has 0 unspecified atom stereocenters. The first-order chi connectivity index (χ1) is 2.89. The Morgan fingerprint density at radius 2 is 2.29 bits per heavy atom. The fourth-order valence-electron chi connectivity index (χ4n) is 0.212. The molecule has 1 N–H and O–H groups in total. The molecule has 40 valence electrons. The average Bonchev–Trinajstić information content (AvgIpc) is 1.86. The predicted molar refractivity (Wildman–Crippen MR) is 25.6 cm³/mol. The maximum Gasteiger partial charge on any atom is 0.171 e. The van der Waals surface area contributed by atoms with Crippen LogP contribution in [-0.2, 0) is 0 Å². The molecule has 1 rings (SSSR count). The molecule has 4 nitrogen and oxygen atoms in total. The highest BCUT2D eigenvalue weighted by Crippen LogP contribution is 1.69. The molecule has 1 aromatic rings. The standard InChI is InChI=1S/C2H4N4.CH4/c1-2-3-5-6-4-2;/h1H3,(H,3,4,5,6);1H4. The van der Waals surface area contributed by atoms with Gasteiger partial charge in [-0.1, -0.05) is 12.6 Å². The third-order valence-electron chi connectivity index (χ3n) is 0.451. The van der Waals surface area contributed by atoms with Gasteiger partial charge >= 0.3 is 0 Å². The van der Waals surface area contributed by atoms with Crippen LogP contribution in [0.15, 0.2) is 0 Å². The van der Waals surface area contributed by atoms with Gasteiger partial charge in [0.15, 0.2) is 5.82 Å². The lowest BCUT2D eigenvalue weighted by Crippen LogP contribution is -1.69. The van der Waals surface area contributed by atoms with E-state index in [4.69, 9.17) is 0 Å². The third-order valence-corrected chi connectivity index (χ3v) is 0.451. The van der Waals surface area contributed by atoms with Gasteiger partial charge in [0, 0.05) is 0 Å². The van der Waals surface area contributed by atoms with Gasteiger partial charge in [-0.25, -0.2) is 0 Å². The van der Waals surface area contributed by atoms with Crippen LogP contribution in [0.1, 0.15) is 13.3 Å². The topological polar surface area (TPSA) is 54.5 Å². The van der Waals surface area contributed by atoms with E-state index < -0.39 is 0 Å². The molecule has 0 saturated heterocycles. The first-order valence-corrected chi connectivity index (χ1v) is 1.59. The first kappa shape index (κ1) is 6.07. The Hall–Kier alpha value is -0.930. The quantitative estimate of drug-likeness (QED) is 0.504. The van der Waals surface area contributed by atoms with Crippen molar-refractivity contribution in [3.05, 3.63) is 5.82 Å². The molecule has 0 saturated carbocycles. The van der Waals surface area contributed by atoms with Crippen molar-refractivity contribution in [2.45, 2.75) is 14.4 Å². The second-order valence-electron chi connectivity index (χ2n) is 0.959. The third kappa shape index (κ3) is 1.30. The molecular weight excluding hydrogens is 92.1 g/mol. The molecule has 0 amide bonds. The molecule has 0 spiro atoms. The zero-order chi connectivity index (χ0) is 4.41. The Bertz CT molecular complexity index is 110. The molecule has 0 radical (unpaired) electrons. The van der Waals surface area contributed by atoms with Crippen LogP contribution < -0.4 is 0 Å². The van der Waals surface area contributed by atoms with Crippen molar-refractivity contribution < 1.29 is 0 Å². The van der Waals surface area contributed by atoms with Crippen molar-refractivity contribution in [1.29, 1.82) is 0 Å². The largest absolute Gasteiger partial charge is 0.177 e. The molecule has 0 aliphatic heterocycles.